The van der Waals surface area contributed by atoms with E-state index in [0.717, 1.165) is 17.1 Å². The number of H-pyrrole nitrogens is 1. The molecular weight excluding hydrogens is 372 g/mol. The lowest BCUT2D eigenvalue weighted by atomic mass is 10.1. The van der Waals surface area contributed by atoms with Crippen molar-refractivity contribution in [2.75, 3.05) is 13.1 Å². The van der Waals surface area contributed by atoms with E-state index >= 15 is 0 Å². The van der Waals surface area contributed by atoms with Crippen molar-refractivity contribution >= 4 is 29.8 Å². The summed E-state index contributed by atoms with van der Waals surface area (Å²) in [6.07, 6.45) is 3.64. The molecule has 1 aromatic carbocycles. The van der Waals surface area contributed by atoms with Crippen LogP contribution in [0.2, 0.25) is 0 Å². The van der Waals surface area contributed by atoms with Crippen LogP contribution in [0.3, 0.4) is 0 Å². The Kier molecular flexibility index (Phi) is 6.71. The van der Waals surface area contributed by atoms with E-state index in [1.165, 1.54) is 11.8 Å². The first-order valence-electron chi connectivity index (χ1n) is 9.28. The summed E-state index contributed by atoms with van der Waals surface area (Å²) in [6, 6.07) is 13.6. The normalized spacial score (nSPS) is 12.4. The van der Waals surface area contributed by atoms with Crippen molar-refractivity contribution in [1.29, 1.82) is 0 Å². The largest absolute Gasteiger partial charge is 0.462 e. The molecule has 0 spiro atoms. The van der Waals surface area contributed by atoms with Crippen LogP contribution in [0, 0.1) is 6.92 Å². The number of carbonyl (C=O) groups is 1. The number of aromatic nitrogens is 3. The Morgan fingerprint density at radius 1 is 1.18 bits per heavy atom. The third-order valence-electron chi connectivity index (χ3n) is 4.27. The fourth-order valence-electron chi connectivity index (χ4n) is 2.78. The molecule has 2 aromatic heterocycles. The molecule has 7 heteroatoms. The van der Waals surface area contributed by atoms with Gasteiger partial charge in [0.2, 0.25) is 11.1 Å². The molecule has 0 saturated carbocycles. The number of hydrogen-bond donors (Lipinski definition) is 1. The molecule has 0 bridgehead atoms. The molecule has 146 valence electrons. The number of nitrogens with one attached hydrogen (secondary N) is 1. The van der Waals surface area contributed by atoms with Crippen molar-refractivity contribution in [2.45, 2.75) is 31.2 Å². The topological polar surface area (TPSA) is 75.0 Å². The molecule has 0 radical (unpaired) electrons. The molecule has 0 aliphatic rings. The maximum atomic E-state index is 13.0. The van der Waals surface area contributed by atoms with E-state index in [2.05, 4.69) is 15.2 Å². The number of benzene rings is 1. The molecule has 0 aliphatic heterocycles. The van der Waals surface area contributed by atoms with Crippen LogP contribution in [0.25, 0.3) is 12.2 Å². The van der Waals surface area contributed by atoms with Crippen LogP contribution in [0.15, 0.2) is 52.0 Å². The highest BCUT2D eigenvalue weighted by molar-refractivity contribution is 8.00. The number of aryl methyl sites for hydroxylation is 1. The van der Waals surface area contributed by atoms with Crippen molar-refractivity contribution < 1.29 is 9.21 Å². The molecule has 3 aromatic rings. The van der Waals surface area contributed by atoms with Crippen LogP contribution in [0.4, 0.5) is 0 Å². The minimum absolute atomic E-state index is 0.0640. The Bertz CT molecular complexity index is 929. The average molecular weight is 397 g/mol. The number of furan rings is 1. The fraction of sp³-hybridized carbons (Fsp3) is 0.286. The third kappa shape index (κ3) is 4.92. The first-order chi connectivity index (χ1) is 13.6. The fourth-order valence-corrected chi connectivity index (χ4v) is 3.79. The molecule has 1 atom stereocenters. The third-order valence-corrected chi connectivity index (χ3v) is 5.38. The predicted octanol–water partition coefficient (Wildman–Crippen LogP) is 4.58. The molecule has 3 rings (SSSR count). The van der Waals surface area contributed by atoms with Crippen LogP contribution in [-0.2, 0) is 4.79 Å². The SMILES string of the molecule is CCN(CC)C(=O)C(Sc1n[nH]c(/C=C/c2ccc(C)o2)n1)c1ccccc1. The molecular formula is C21H24N4O2S. The average Bonchev–Trinajstić information content (AvgIpc) is 3.34. The van der Waals surface area contributed by atoms with Gasteiger partial charge in [-0.1, -0.05) is 42.1 Å². The second-order valence-corrected chi connectivity index (χ2v) is 7.28. The maximum absolute atomic E-state index is 13.0. The predicted molar refractivity (Wildman–Crippen MR) is 112 cm³/mol. The zero-order chi connectivity index (χ0) is 19.9. The Balaban J connectivity index is 1.78. The molecule has 1 amide bonds. The number of amides is 1. The lowest BCUT2D eigenvalue weighted by Gasteiger charge is -2.24. The van der Waals surface area contributed by atoms with Gasteiger partial charge in [0.1, 0.15) is 22.6 Å². The summed E-state index contributed by atoms with van der Waals surface area (Å²) in [5.74, 6) is 2.28. The minimum Gasteiger partial charge on any atom is -0.462 e. The van der Waals surface area contributed by atoms with E-state index < -0.39 is 0 Å². The van der Waals surface area contributed by atoms with E-state index in [9.17, 15) is 4.79 Å². The maximum Gasteiger partial charge on any atom is 0.240 e. The summed E-state index contributed by atoms with van der Waals surface area (Å²) < 4.78 is 5.51. The molecule has 0 saturated heterocycles. The van der Waals surface area contributed by atoms with E-state index in [1.807, 2.05) is 74.2 Å². The van der Waals surface area contributed by atoms with Gasteiger partial charge in [0.15, 0.2) is 0 Å². The van der Waals surface area contributed by atoms with Gasteiger partial charge < -0.3 is 9.32 Å². The van der Waals surface area contributed by atoms with Crippen molar-refractivity contribution in [1.82, 2.24) is 20.1 Å². The van der Waals surface area contributed by atoms with Crippen LogP contribution in [0.1, 0.15) is 42.0 Å². The Hall–Kier alpha value is -2.80. The summed E-state index contributed by atoms with van der Waals surface area (Å²) in [5.41, 5.74) is 0.942. The molecule has 1 unspecified atom stereocenters. The second-order valence-electron chi connectivity index (χ2n) is 6.20. The number of carbonyl (C=O) groups excluding carboxylic acids is 1. The summed E-state index contributed by atoms with van der Waals surface area (Å²) in [6.45, 7) is 7.21. The summed E-state index contributed by atoms with van der Waals surface area (Å²) in [7, 11) is 0. The molecule has 1 N–H and O–H groups in total. The number of hydrogen-bond acceptors (Lipinski definition) is 5. The van der Waals surface area contributed by atoms with Crippen molar-refractivity contribution in [3.05, 3.63) is 65.4 Å². The van der Waals surface area contributed by atoms with E-state index in [1.54, 1.807) is 6.08 Å². The summed E-state index contributed by atoms with van der Waals surface area (Å²) in [5, 5.41) is 7.31. The highest BCUT2D eigenvalue weighted by Crippen LogP contribution is 2.35. The Morgan fingerprint density at radius 3 is 2.57 bits per heavy atom. The minimum atomic E-state index is -0.388. The molecule has 0 fully saturated rings. The van der Waals surface area contributed by atoms with E-state index in [0.29, 0.717) is 24.1 Å². The van der Waals surface area contributed by atoms with Crippen molar-refractivity contribution in [3.8, 4) is 0 Å². The van der Waals surface area contributed by atoms with Crippen molar-refractivity contribution in [2.24, 2.45) is 0 Å². The Labute approximate surface area is 169 Å². The first kappa shape index (κ1) is 19.9. The highest BCUT2D eigenvalue weighted by atomic mass is 32.2. The molecule has 2 heterocycles. The zero-order valence-corrected chi connectivity index (χ0v) is 17.1. The lowest BCUT2D eigenvalue weighted by molar-refractivity contribution is -0.130. The molecule has 28 heavy (non-hydrogen) atoms. The van der Waals surface area contributed by atoms with Gasteiger partial charge in [0.05, 0.1) is 0 Å². The zero-order valence-electron chi connectivity index (χ0n) is 16.3. The van der Waals surface area contributed by atoms with Gasteiger partial charge in [0, 0.05) is 13.1 Å². The number of rotatable bonds is 8. The van der Waals surface area contributed by atoms with Crippen LogP contribution in [0.5, 0.6) is 0 Å². The van der Waals surface area contributed by atoms with Gasteiger partial charge >= 0.3 is 0 Å². The quantitative estimate of drug-likeness (QED) is 0.564. The second kappa shape index (κ2) is 9.41. The van der Waals surface area contributed by atoms with Gasteiger partial charge in [-0.05, 0) is 50.6 Å². The van der Waals surface area contributed by atoms with Gasteiger partial charge in [-0.3, -0.25) is 9.89 Å². The highest BCUT2D eigenvalue weighted by Gasteiger charge is 2.27. The number of nitrogens with zero attached hydrogens (tertiary/aromatic N) is 3. The number of likely N-dealkylation sites (N-methyl/N-ethyl adjacent to an activating group) is 1. The molecule has 0 aliphatic carbocycles. The monoisotopic (exact) mass is 396 g/mol. The van der Waals surface area contributed by atoms with Crippen LogP contribution in [-0.4, -0.2) is 39.1 Å². The van der Waals surface area contributed by atoms with Crippen molar-refractivity contribution in [3.63, 3.8) is 0 Å². The van der Waals surface area contributed by atoms with Crippen LogP contribution < -0.4 is 0 Å². The van der Waals surface area contributed by atoms with Gasteiger partial charge in [0.25, 0.3) is 0 Å². The van der Waals surface area contributed by atoms with E-state index in [4.69, 9.17) is 4.42 Å². The summed E-state index contributed by atoms with van der Waals surface area (Å²) in [4.78, 5) is 19.4. The smallest absolute Gasteiger partial charge is 0.240 e. The van der Waals surface area contributed by atoms with Gasteiger partial charge in [-0.25, -0.2) is 4.98 Å². The summed E-state index contributed by atoms with van der Waals surface area (Å²) >= 11 is 1.35. The van der Waals surface area contributed by atoms with E-state index in [-0.39, 0.29) is 11.2 Å². The number of thioether (sulfide) groups is 1. The standard InChI is InChI=1S/C21H24N4O2S/c1-4-25(5-2)20(26)19(16-9-7-6-8-10-16)28-21-22-18(23-24-21)14-13-17-12-11-15(3)27-17/h6-14,19H,4-5H2,1-3H3,(H,22,23,24)/b14-13+. The molecule has 6 nitrogen and oxygen atoms in total. The van der Waals surface area contributed by atoms with Crippen LogP contribution >= 0.6 is 11.8 Å². The lowest BCUT2D eigenvalue weighted by Crippen LogP contribution is -2.33. The first-order valence-corrected chi connectivity index (χ1v) is 10.2. The Morgan fingerprint density at radius 2 is 1.93 bits per heavy atom. The number of aromatic amines is 1. The van der Waals surface area contributed by atoms with Gasteiger partial charge in [-0.15, -0.1) is 5.10 Å². The van der Waals surface area contributed by atoms with Gasteiger partial charge in [-0.2, -0.15) is 0 Å².